The minimum absolute atomic E-state index is 0.256. The Morgan fingerprint density at radius 3 is 2.50 bits per heavy atom. The minimum Gasteiger partial charge on any atom is -0.381 e. The summed E-state index contributed by atoms with van der Waals surface area (Å²) < 4.78 is 0. The molecule has 2 rings (SSSR count). The summed E-state index contributed by atoms with van der Waals surface area (Å²) in [6.07, 6.45) is -0.903. The molecule has 1 aromatic carbocycles. The molecule has 1 aromatic rings. The number of hydrazine groups is 1. The lowest BCUT2D eigenvalue weighted by Crippen LogP contribution is -2.35. The van der Waals surface area contributed by atoms with Gasteiger partial charge in [0.2, 0.25) is 0 Å². The van der Waals surface area contributed by atoms with Gasteiger partial charge in [-0.25, -0.2) is 0 Å². The number of amides is 1. The van der Waals surface area contributed by atoms with E-state index in [0.29, 0.717) is 6.54 Å². The molecule has 0 radical (unpaired) electrons. The summed E-state index contributed by atoms with van der Waals surface area (Å²) in [7, 11) is 1.66. The molecule has 0 bridgehead atoms. The zero-order valence-electron chi connectivity index (χ0n) is 7.92. The highest BCUT2D eigenvalue weighted by atomic mass is 16.3. The first kappa shape index (κ1) is 9.02. The molecule has 1 aliphatic rings. The SMILES string of the molecule is CN1C(=O)C(O)CN1c1ccccc1. The number of carbonyl (C=O) groups is 1. The molecular formula is C10H12N2O2. The number of rotatable bonds is 1. The van der Waals surface area contributed by atoms with Crippen LogP contribution in [0.3, 0.4) is 0 Å². The Morgan fingerprint density at radius 2 is 2.00 bits per heavy atom. The van der Waals surface area contributed by atoms with E-state index >= 15 is 0 Å². The second-order valence-electron chi connectivity index (χ2n) is 3.30. The van der Waals surface area contributed by atoms with Gasteiger partial charge in [0.1, 0.15) is 0 Å². The van der Waals surface area contributed by atoms with Crippen LogP contribution in [0.15, 0.2) is 30.3 Å². The normalized spacial score (nSPS) is 21.9. The molecule has 4 heteroatoms. The van der Waals surface area contributed by atoms with Crippen LogP contribution in [0.1, 0.15) is 0 Å². The van der Waals surface area contributed by atoms with Gasteiger partial charge < -0.3 is 5.11 Å². The molecule has 1 amide bonds. The maximum Gasteiger partial charge on any atom is 0.271 e. The van der Waals surface area contributed by atoms with Crippen molar-refractivity contribution < 1.29 is 9.90 Å². The average molecular weight is 192 g/mol. The van der Waals surface area contributed by atoms with E-state index in [2.05, 4.69) is 0 Å². The summed E-state index contributed by atoms with van der Waals surface area (Å²) in [4.78, 5) is 11.3. The Morgan fingerprint density at radius 1 is 1.36 bits per heavy atom. The minimum atomic E-state index is -0.903. The van der Waals surface area contributed by atoms with Gasteiger partial charge >= 0.3 is 0 Å². The third kappa shape index (κ3) is 1.33. The van der Waals surface area contributed by atoms with E-state index in [-0.39, 0.29) is 5.91 Å². The number of β-amino-alcohol motifs (C(OH)–C–C–N with tert-alkyl or cyclic N) is 1. The van der Waals surface area contributed by atoms with Gasteiger partial charge in [0, 0.05) is 7.05 Å². The smallest absolute Gasteiger partial charge is 0.271 e. The highest BCUT2D eigenvalue weighted by molar-refractivity contribution is 5.85. The molecule has 74 valence electrons. The highest BCUT2D eigenvalue weighted by Crippen LogP contribution is 2.20. The zero-order valence-corrected chi connectivity index (χ0v) is 7.92. The molecule has 1 fully saturated rings. The van der Waals surface area contributed by atoms with Crippen LogP contribution in [0.5, 0.6) is 0 Å². The van der Waals surface area contributed by atoms with E-state index in [0.717, 1.165) is 5.69 Å². The van der Waals surface area contributed by atoms with Crippen LogP contribution in [0, 0.1) is 0 Å². The molecule has 0 aromatic heterocycles. The van der Waals surface area contributed by atoms with Gasteiger partial charge in [-0.05, 0) is 12.1 Å². The van der Waals surface area contributed by atoms with Crippen molar-refractivity contribution in [3.8, 4) is 0 Å². The first-order valence-electron chi connectivity index (χ1n) is 4.48. The third-order valence-corrected chi connectivity index (χ3v) is 2.37. The topological polar surface area (TPSA) is 43.8 Å². The second-order valence-corrected chi connectivity index (χ2v) is 3.30. The number of para-hydroxylation sites is 1. The predicted molar refractivity (Wildman–Crippen MR) is 52.6 cm³/mol. The Hall–Kier alpha value is -1.55. The number of carbonyl (C=O) groups excluding carboxylic acids is 1. The summed E-state index contributed by atoms with van der Waals surface area (Å²) in [6.45, 7) is 0.333. The molecule has 1 atom stereocenters. The Labute approximate surface area is 82.3 Å². The summed E-state index contributed by atoms with van der Waals surface area (Å²) >= 11 is 0. The number of nitrogens with zero attached hydrogens (tertiary/aromatic N) is 2. The molecule has 14 heavy (non-hydrogen) atoms. The maximum atomic E-state index is 11.3. The molecule has 0 spiro atoms. The van der Waals surface area contributed by atoms with Gasteiger partial charge in [0.05, 0.1) is 12.2 Å². The van der Waals surface area contributed by atoms with E-state index < -0.39 is 6.10 Å². The maximum absolute atomic E-state index is 11.3. The predicted octanol–water partition coefficient (Wildman–Crippen LogP) is 0.241. The number of aliphatic hydroxyl groups excluding tert-OH is 1. The van der Waals surface area contributed by atoms with Crippen molar-refractivity contribution in [3.05, 3.63) is 30.3 Å². The first-order valence-corrected chi connectivity index (χ1v) is 4.48. The van der Waals surface area contributed by atoms with Crippen molar-refractivity contribution in [2.24, 2.45) is 0 Å². The van der Waals surface area contributed by atoms with Gasteiger partial charge in [-0.15, -0.1) is 0 Å². The first-order chi connectivity index (χ1) is 6.70. The summed E-state index contributed by atoms with van der Waals surface area (Å²) in [5.41, 5.74) is 0.917. The van der Waals surface area contributed by atoms with Gasteiger partial charge in [-0.3, -0.25) is 14.8 Å². The molecular weight excluding hydrogens is 180 g/mol. The van der Waals surface area contributed by atoms with Crippen LogP contribution in [-0.2, 0) is 4.79 Å². The van der Waals surface area contributed by atoms with Crippen molar-refractivity contribution in [2.75, 3.05) is 18.6 Å². The molecule has 1 saturated heterocycles. The van der Waals surface area contributed by atoms with Crippen molar-refractivity contribution in [1.82, 2.24) is 5.01 Å². The quantitative estimate of drug-likeness (QED) is 0.693. The third-order valence-electron chi connectivity index (χ3n) is 2.37. The van der Waals surface area contributed by atoms with Gasteiger partial charge in [0.25, 0.3) is 5.91 Å². The Kier molecular flexibility index (Phi) is 2.13. The van der Waals surface area contributed by atoms with E-state index in [4.69, 9.17) is 0 Å². The van der Waals surface area contributed by atoms with E-state index in [1.54, 1.807) is 12.1 Å². The molecule has 4 nitrogen and oxygen atoms in total. The van der Waals surface area contributed by atoms with Crippen molar-refractivity contribution in [2.45, 2.75) is 6.10 Å². The highest BCUT2D eigenvalue weighted by Gasteiger charge is 2.34. The van der Waals surface area contributed by atoms with E-state index in [1.807, 2.05) is 30.3 Å². The van der Waals surface area contributed by atoms with Crippen LogP contribution < -0.4 is 5.01 Å². The Balaban J connectivity index is 2.26. The fourth-order valence-corrected chi connectivity index (χ4v) is 1.58. The molecule has 0 saturated carbocycles. The molecule has 1 N–H and O–H groups in total. The van der Waals surface area contributed by atoms with E-state index in [9.17, 15) is 9.90 Å². The molecule has 0 aliphatic carbocycles. The number of benzene rings is 1. The standard InChI is InChI=1S/C10H12N2O2/c1-11-10(14)9(13)7-12(11)8-5-3-2-4-6-8/h2-6,9,13H,7H2,1H3. The monoisotopic (exact) mass is 192 g/mol. The van der Waals surface area contributed by atoms with Crippen LogP contribution in [0.25, 0.3) is 0 Å². The molecule has 1 aliphatic heterocycles. The Bertz CT molecular complexity index is 339. The zero-order chi connectivity index (χ0) is 10.1. The lowest BCUT2D eigenvalue weighted by molar-refractivity contribution is -0.133. The lowest BCUT2D eigenvalue weighted by atomic mass is 10.3. The lowest BCUT2D eigenvalue weighted by Gasteiger charge is -2.25. The van der Waals surface area contributed by atoms with Crippen molar-refractivity contribution in [3.63, 3.8) is 0 Å². The van der Waals surface area contributed by atoms with Gasteiger partial charge in [-0.1, -0.05) is 18.2 Å². The van der Waals surface area contributed by atoms with Crippen molar-refractivity contribution in [1.29, 1.82) is 0 Å². The average Bonchev–Trinajstić information content (AvgIpc) is 2.47. The summed E-state index contributed by atoms with van der Waals surface area (Å²) in [5, 5.41) is 12.6. The number of anilines is 1. The van der Waals surface area contributed by atoms with Crippen LogP contribution in [-0.4, -0.2) is 35.7 Å². The van der Waals surface area contributed by atoms with Gasteiger partial charge in [-0.2, -0.15) is 0 Å². The number of hydrogen-bond acceptors (Lipinski definition) is 3. The van der Waals surface area contributed by atoms with E-state index in [1.165, 1.54) is 5.01 Å². The molecule has 1 unspecified atom stereocenters. The number of hydrogen-bond donors (Lipinski definition) is 1. The van der Waals surface area contributed by atoms with Crippen LogP contribution in [0.2, 0.25) is 0 Å². The van der Waals surface area contributed by atoms with Gasteiger partial charge in [0.15, 0.2) is 6.10 Å². The number of aliphatic hydroxyl groups is 1. The number of likely N-dealkylation sites (N-methyl/N-ethyl adjacent to an activating group) is 1. The second kappa shape index (κ2) is 3.31. The fraction of sp³-hybridized carbons (Fsp3) is 0.300. The van der Waals surface area contributed by atoms with Crippen molar-refractivity contribution >= 4 is 11.6 Å². The van der Waals surface area contributed by atoms with Crippen LogP contribution >= 0.6 is 0 Å². The molecule has 1 heterocycles. The fourth-order valence-electron chi connectivity index (χ4n) is 1.58. The summed E-state index contributed by atoms with van der Waals surface area (Å²) in [5.74, 6) is -0.256. The largest absolute Gasteiger partial charge is 0.381 e. The van der Waals surface area contributed by atoms with Crippen LogP contribution in [0.4, 0.5) is 5.69 Å². The summed E-state index contributed by atoms with van der Waals surface area (Å²) in [6, 6.07) is 9.53.